The van der Waals surface area contributed by atoms with Crippen LogP contribution in [0.4, 0.5) is 14.5 Å². The van der Waals surface area contributed by atoms with E-state index in [1.54, 1.807) is 15.9 Å². The lowest BCUT2D eigenvalue weighted by Crippen LogP contribution is -2.43. The van der Waals surface area contributed by atoms with E-state index in [1.807, 2.05) is 30.3 Å². The molecule has 0 saturated carbocycles. The lowest BCUT2D eigenvalue weighted by molar-refractivity contribution is -0.133. The molecule has 30 heavy (non-hydrogen) atoms. The van der Waals surface area contributed by atoms with Crippen molar-refractivity contribution >= 4 is 17.5 Å². The van der Waals surface area contributed by atoms with Crippen molar-refractivity contribution in [2.24, 2.45) is 0 Å². The maximum Gasteiger partial charge on any atom is 0.387 e. The molecule has 0 radical (unpaired) electrons. The first-order chi connectivity index (χ1) is 14.5. The number of ether oxygens (including phenoxy) is 1. The van der Waals surface area contributed by atoms with Gasteiger partial charge in [0.2, 0.25) is 11.8 Å². The normalized spacial score (nSPS) is 18.1. The summed E-state index contributed by atoms with van der Waals surface area (Å²) >= 11 is 0. The van der Waals surface area contributed by atoms with Crippen LogP contribution < -0.4 is 9.64 Å². The van der Waals surface area contributed by atoms with Crippen LogP contribution in [0.25, 0.3) is 0 Å². The molecule has 2 aromatic rings. The van der Waals surface area contributed by atoms with Crippen molar-refractivity contribution in [3.8, 4) is 5.75 Å². The van der Waals surface area contributed by atoms with Gasteiger partial charge in [-0.15, -0.1) is 0 Å². The van der Waals surface area contributed by atoms with E-state index in [1.165, 1.54) is 13.0 Å². The minimum absolute atomic E-state index is 0.0167. The number of aryl methyl sites for hydroxylation is 1. The largest absolute Gasteiger partial charge is 0.433 e. The highest BCUT2D eigenvalue weighted by Gasteiger charge is 2.34. The first-order valence-electron chi connectivity index (χ1n) is 10.2. The second-order valence-electron chi connectivity index (χ2n) is 7.67. The number of hydrogen-bond donors (Lipinski definition) is 0. The third kappa shape index (κ3) is 3.88. The van der Waals surface area contributed by atoms with Crippen LogP contribution in [0, 0.1) is 0 Å². The lowest BCUT2D eigenvalue weighted by Gasteiger charge is -2.38. The summed E-state index contributed by atoms with van der Waals surface area (Å²) in [7, 11) is 0. The van der Waals surface area contributed by atoms with Crippen LogP contribution in [0.15, 0.2) is 42.5 Å². The Kier molecular flexibility index (Phi) is 5.70. The number of rotatable bonds is 4. The topological polar surface area (TPSA) is 49.9 Å². The molecular formula is C23H24F2N2O3. The highest BCUT2D eigenvalue weighted by molar-refractivity contribution is 5.97. The first kappa shape index (κ1) is 20.3. The van der Waals surface area contributed by atoms with Crippen LogP contribution in [0.1, 0.15) is 42.5 Å². The van der Waals surface area contributed by atoms with Gasteiger partial charge in [-0.05, 0) is 42.0 Å². The molecule has 2 aromatic carbocycles. The summed E-state index contributed by atoms with van der Waals surface area (Å²) in [4.78, 5) is 28.9. The van der Waals surface area contributed by atoms with Gasteiger partial charge in [-0.2, -0.15) is 8.78 Å². The van der Waals surface area contributed by atoms with Crippen molar-refractivity contribution in [3.63, 3.8) is 0 Å². The Morgan fingerprint density at radius 3 is 2.60 bits per heavy atom. The average molecular weight is 414 g/mol. The fourth-order valence-electron chi connectivity index (χ4n) is 4.58. The summed E-state index contributed by atoms with van der Waals surface area (Å²) in [5, 5.41) is 0. The quantitative estimate of drug-likeness (QED) is 0.757. The predicted molar refractivity (Wildman–Crippen MR) is 109 cm³/mol. The summed E-state index contributed by atoms with van der Waals surface area (Å²) in [6, 6.07) is 12.4. The minimum atomic E-state index is -2.96. The van der Waals surface area contributed by atoms with Gasteiger partial charge in [-0.25, -0.2) is 0 Å². The smallest absolute Gasteiger partial charge is 0.387 e. The van der Waals surface area contributed by atoms with E-state index in [-0.39, 0.29) is 30.0 Å². The van der Waals surface area contributed by atoms with Gasteiger partial charge >= 0.3 is 6.61 Å². The SMILES string of the molecule is CC(=O)N1CCc2ccccc2C1CC(=O)N1CCCc2cccc(OC(F)F)c21. The molecule has 0 aliphatic carbocycles. The number of nitrogens with zero attached hydrogens (tertiary/aromatic N) is 2. The van der Waals surface area contributed by atoms with Gasteiger partial charge in [0.05, 0.1) is 18.2 Å². The Bertz CT molecular complexity index is 963. The molecule has 158 valence electrons. The number of anilines is 1. The second kappa shape index (κ2) is 8.42. The van der Waals surface area contributed by atoms with Gasteiger partial charge in [0.1, 0.15) is 5.75 Å². The van der Waals surface area contributed by atoms with Crippen molar-refractivity contribution in [1.82, 2.24) is 4.90 Å². The number of carbonyl (C=O) groups is 2. The minimum Gasteiger partial charge on any atom is -0.433 e. The Morgan fingerprint density at radius 2 is 1.83 bits per heavy atom. The maximum atomic E-state index is 13.4. The molecule has 1 unspecified atom stereocenters. The second-order valence-corrected chi connectivity index (χ2v) is 7.67. The van der Waals surface area contributed by atoms with Crippen molar-refractivity contribution in [2.45, 2.75) is 45.3 Å². The number of halogens is 2. The number of amides is 2. The molecule has 5 nitrogen and oxygen atoms in total. The van der Waals surface area contributed by atoms with Gasteiger partial charge < -0.3 is 14.5 Å². The van der Waals surface area contributed by atoms with E-state index in [4.69, 9.17) is 4.74 Å². The summed E-state index contributed by atoms with van der Waals surface area (Å²) in [6.07, 6.45) is 2.29. The number of alkyl halides is 2. The van der Waals surface area contributed by atoms with E-state index in [9.17, 15) is 18.4 Å². The molecule has 0 spiro atoms. The molecule has 1 atom stereocenters. The Morgan fingerprint density at radius 1 is 1.07 bits per heavy atom. The zero-order chi connectivity index (χ0) is 21.3. The molecule has 0 N–H and O–H groups in total. The Balaban J connectivity index is 1.66. The molecular weight excluding hydrogens is 390 g/mol. The average Bonchev–Trinajstić information content (AvgIpc) is 2.73. The lowest BCUT2D eigenvalue weighted by atomic mass is 9.90. The van der Waals surface area contributed by atoms with Gasteiger partial charge in [-0.1, -0.05) is 36.4 Å². The first-order valence-corrected chi connectivity index (χ1v) is 10.2. The highest BCUT2D eigenvalue weighted by Crippen LogP contribution is 2.39. The van der Waals surface area contributed by atoms with E-state index < -0.39 is 6.61 Å². The molecule has 0 aromatic heterocycles. The monoisotopic (exact) mass is 414 g/mol. The molecule has 7 heteroatoms. The summed E-state index contributed by atoms with van der Waals surface area (Å²) < 4.78 is 30.6. The standard InChI is InChI=1S/C23H24F2N2O3/c1-15(28)26-13-11-16-6-2-3-9-18(16)19(26)14-21(29)27-12-5-8-17-7-4-10-20(22(17)27)30-23(24)25/h2-4,6-7,9-10,19,23H,5,8,11-14H2,1H3. The molecule has 4 rings (SSSR count). The van der Waals surface area contributed by atoms with Crippen LogP contribution in [-0.2, 0) is 22.4 Å². The molecule has 2 amide bonds. The third-order valence-corrected chi connectivity index (χ3v) is 5.88. The molecule has 2 aliphatic rings. The molecule has 2 heterocycles. The van der Waals surface area contributed by atoms with E-state index >= 15 is 0 Å². The van der Waals surface area contributed by atoms with Crippen molar-refractivity contribution in [2.75, 3.05) is 18.0 Å². The van der Waals surface area contributed by atoms with Crippen LogP contribution in [0.2, 0.25) is 0 Å². The molecule has 0 bridgehead atoms. The highest BCUT2D eigenvalue weighted by atomic mass is 19.3. The van der Waals surface area contributed by atoms with E-state index in [2.05, 4.69) is 0 Å². The third-order valence-electron chi connectivity index (χ3n) is 5.88. The van der Waals surface area contributed by atoms with E-state index in [0.717, 1.165) is 29.5 Å². The fraction of sp³-hybridized carbons (Fsp3) is 0.391. The number of carbonyl (C=O) groups excluding carboxylic acids is 2. The molecule has 0 saturated heterocycles. The van der Waals surface area contributed by atoms with Crippen molar-refractivity contribution in [1.29, 1.82) is 0 Å². The number of para-hydroxylation sites is 1. The summed E-state index contributed by atoms with van der Waals surface area (Å²) in [5.41, 5.74) is 3.35. The van der Waals surface area contributed by atoms with E-state index in [0.29, 0.717) is 25.2 Å². The Labute approximate surface area is 174 Å². The maximum absolute atomic E-state index is 13.4. The van der Waals surface area contributed by atoms with Crippen molar-refractivity contribution in [3.05, 3.63) is 59.2 Å². The van der Waals surface area contributed by atoms with Gasteiger partial charge in [-0.3, -0.25) is 9.59 Å². The van der Waals surface area contributed by atoms with Crippen LogP contribution in [0.5, 0.6) is 5.75 Å². The fourth-order valence-corrected chi connectivity index (χ4v) is 4.58. The molecule has 0 fully saturated rings. The van der Waals surface area contributed by atoms with Crippen molar-refractivity contribution < 1.29 is 23.1 Å². The zero-order valence-electron chi connectivity index (χ0n) is 16.8. The number of hydrogen-bond acceptors (Lipinski definition) is 3. The summed E-state index contributed by atoms with van der Waals surface area (Å²) in [5.74, 6) is -0.264. The number of benzene rings is 2. The van der Waals surface area contributed by atoms with Crippen LogP contribution >= 0.6 is 0 Å². The Hall–Kier alpha value is -2.96. The summed E-state index contributed by atoms with van der Waals surface area (Å²) in [6.45, 7) is -0.463. The van der Waals surface area contributed by atoms with Crippen LogP contribution in [-0.4, -0.2) is 36.4 Å². The number of fused-ring (bicyclic) bond motifs is 2. The van der Waals surface area contributed by atoms with Gasteiger partial charge in [0.25, 0.3) is 0 Å². The molecule has 2 aliphatic heterocycles. The van der Waals surface area contributed by atoms with Gasteiger partial charge in [0, 0.05) is 20.0 Å². The van der Waals surface area contributed by atoms with Gasteiger partial charge in [0.15, 0.2) is 0 Å². The van der Waals surface area contributed by atoms with Crippen LogP contribution in [0.3, 0.4) is 0 Å². The predicted octanol–water partition coefficient (Wildman–Crippen LogP) is 4.10. The zero-order valence-corrected chi connectivity index (χ0v) is 16.8.